The first-order valence-electron chi connectivity index (χ1n) is 3.82. The third-order valence-corrected chi connectivity index (χ3v) is 2.14. The van der Waals surface area contributed by atoms with Crippen molar-refractivity contribution >= 4 is 0 Å². The van der Waals surface area contributed by atoms with Gasteiger partial charge in [-0.25, -0.2) is 0 Å². The summed E-state index contributed by atoms with van der Waals surface area (Å²) in [5, 5.41) is 9.32. The molecule has 3 N–H and O–H groups in total. The van der Waals surface area contributed by atoms with Gasteiger partial charge >= 0.3 is 0 Å². The number of nitrogens with two attached hydrogens (primary N) is 1. The van der Waals surface area contributed by atoms with Crippen LogP contribution in [0.1, 0.15) is 12.8 Å². The van der Waals surface area contributed by atoms with Gasteiger partial charge in [0.2, 0.25) is 0 Å². The highest BCUT2D eigenvalue weighted by molar-refractivity contribution is 4.77. The highest BCUT2D eigenvalue weighted by atomic mass is 16.3. The van der Waals surface area contributed by atoms with Crippen molar-refractivity contribution < 1.29 is 5.11 Å². The predicted octanol–water partition coefficient (Wildman–Crippen LogP) is -0.600. The lowest BCUT2D eigenvalue weighted by molar-refractivity contribution is 0.138. The average Bonchev–Trinajstić information content (AvgIpc) is 2.04. The Labute approximate surface area is 61.8 Å². The highest BCUT2D eigenvalue weighted by Crippen LogP contribution is 2.07. The van der Waals surface area contributed by atoms with Crippen LogP contribution in [0.2, 0.25) is 0 Å². The minimum atomic E-state index is -0.287. The molecule has 60 valence electrons. The van der Waals surface area contributed by atoms with Crippen LogP contribution in [-0.2, 0) is 0 Å². The Bertz CT molecular complexity index is 95.8. The quantitative estimate of drug-likeness (QED) is 0.477. The number of likely N-dealkylation sites (tertiary alicyclic amines) is 1. The predicted molar refractivity (Wildman–Crippen MR) is 40.7 cm³/mol. The van der Waals surface area contributed by atoms with E-state index < -0.39 is 0 Å². The minimum absolute atomic E-state index is 0.00931. The van der Waals surface area contributed by atoms with Gasteiger partial charge in [0.1, 0.15) is 0 Å². The lowest BCUT2D eigenvalue weighted by Crippen LogP contribution is -2.34. The molecule has 0 aliphatic carbocycles. The molecule has 1 fully saturated rings. The number of hydrogen-bond acceptors (Lipinski definition) is 3. The summed E-state index contributed by atoms with van der Waals surface area (Å²) in [7, 11) is 2.06. The molecule has 1 saturated heterocycles. The molecule has 3 heteroatoms. The fourth-order valence-electron chi connectivity index (χ4n) is 1.24. The van der Waals surface area contributed by atoms with E-state index in [4.69, 9.17) is 5.73 Å². The second-order valence-electron chi connectivity index (χ2n) is 3.11. The maximum atomic E-state index is 9.32. The molecule has 0 saturated carbocycles. The van der Waals surface area contributed by atoms with Crippen molar-refractivity contribution in [1.82, 2.24) is 4.90 Å². The van der Waals surface area contributed by atoms with Crippen molar-refractivity contribution in [3.8, 4) is 0 Å². The number of nitrogens with zero attached hydrogens (tertiary/aromatic N) is 1. The van der Waals surface area contributed by atoms with Gasteiger partial charge in [0.05, 0.1) is 6.10 Å². The van der Waals surface area contributed by atoms with Crippen molar-refractivity contribution in [2.75, 3.05) is 20.1 Å². The second-order valence-corrected chi connectivity index (χ2v) is 3.11. The molecule has 0 aromatic heterocycles. The van der Waals surface area contributed by atoms with E-state index in [0.29, 0.717) is 0 Å². The van der Waals surface area contributed by atoms with Crippen LogP contribution in [0.5, 0.6) is 0 Å². The Morgan fingerprint density at radius 2 is 2.00 bits per heavy atom. The van der Waals surface area contributed by atoms with E-state index >= 15 is 0 Å². The van der Waals surface area contributed by atoms with Gasteiger partial charge in [-0.3, -0.25) is 0 Å². The van der Waals surface area contributed by atoms with Gasteiger partial charge < -0.3 is 15.7 Å². The van der Waals surface area contributed by atoms with Gasteiger partial charge in [-0.15, -0.1) is 0 Å². The molecule has 0 amide bonds. The van der Waals surface area contributed by atoms with Gasteiger partial charge in [-0.1, -0.05) is 0 Å². The first-order chi connectivity index (χ1) is 4.70. The van der Waals surface area contributed by atoms with Crippen molar-refractivity contribution in [2.24, 2.45) is 5.73 Å². The summed E-state index contributed by atoms with van der Waals surface area (Å²) in [6.45, 7) is 1.98. The second kappa shape index (κ2) is 3.32. The normalized spacial score (nSPS) is 37.5. The van der Waals surface area contributed by atoms with E-state index in [1.807, 2.05) is 0 Å². The third-order valence-electron chi connectivity index (χ3n) is 2.14. The molecule has 0 bridgehead atoms. The Morgan fingerprint density at radius 3 is 2.70 bits per heavy atom. The summed E-state index contributed by atoms with van der Waals surface area (Å²) in [5.74, 6) is 0. The summed E-state index contributed by atoms with van der Waals surface area (Å²) in [6.07, 6.45) is 1.44. The Balaban J connectivity index is 2.38. The molecule has 1 rings (SSSR count). The fraction of sp³-hybridized carbons (Fsp3) is 1.00. The van der Waals surface area contributed by atoms with Crippen LogP contribution < -0.4 is 5.73 Å². The minimum Gasteiger partial charge on any atom is -0.391 e. The first kappa shape index (κ1) is 7.98. The third kappa shape index (κ3) is 1.94. The lowest BCUT2D eigenvalue weighted by Gasteiger charge is -2.12. The maximum Gasteiger partial charge on any atom is 0.0703 e. The van der Waals surface area contributed by atoms with Gasteiger partial charge in [-0.05, 0) is 26.4 Å². The molecule has 10 heavy (non-hydrogen) atoms. The zero-order chi connectivity index (χ0) is 7.56. The largest absolute Gasteiger partial charge is 0.391 e. The molecule has 0 aromatic rings. The van der Waals surface area contributed by atoms with Crippen LogP contribution in [0.3, 0.4) is 0 Å². The summed E-state index contributed by atoms with van der Waals surface area (Å²) < 4.78 is 0. The summed E-state index contributed by atoms with van der Waals surface area (Å²) >= 11 is 0. The number of hydrogen-bond donors (Lipinski definition) is 2. The maximum absolute atomic E-state index is 9.32. The summed E-state index contributed by atoms with van der Waals surface area (Å²) in [5.41, 5.74) is 5.66. The SMILES string of the molecule is CN1CC[C@@H](O)[C@@H](N)CC1. The fourth-order valence-corrected chi connectivity index (χ4v) is 1.24. The Morgan fingerprint density at radius 1 is 1.40 bits per heavy atom. The zero-order valence-electron chi connectivity index (χ0n) is 6.45. The molecular weight excluding hydrogens is 128 g/mol. The summed E-state index contributed by atoms with van der Waals surface area (Å²) in [6, 6.07) is -0.00931. The smallest absolute Gasteiger partial charge is 0.0703 e. The van der Waals surface area contributed by atoms with Crippen molar-refractivity contribution in [3.05, 3.63) is 0 Å². The Hall–Kier alpha value is -0.120. The van der Waals surface area contributed by atoms with Crippen LogP contribution in [-0.4, -0.2) is 42.3 Å². The van der Waals surface area contributed by atoms with E-state index in [9.17, 15) is 5.11 Å². The van der Waals surface area contributed by atoms with E-state index in [1.165, 1.54) is 0 Å². The summed E-state index contributed by atoms with van der Waals surface area (Å²) in [4.78, 5) is 2.20. The Kier molecular flexibility index (Phi) is 2.65. The van der Waals surface area contributed by atoms with Crippen LogP contribution in [0.4, 0.5) is 0 Å². The van der Waals surface area contributed by atoms with E-state index in [1.54, 1.807) is 0 Å². The van der Waals surface area contributed by atoms with Crippen LogP contribution >= 0.6 is 0 Å². The van der Waals surface area contributed by atoms with Crippen molar-refractivity contribution in [1.29, 1.82) is 0 Å². The molecule has 0 aromatic carbocycles. The highest BCUT2D eigenvalue weighted by Gasteiger charge is 2.19. The lowest BCUT2D eigenvalue weighted by atomic mass is 10.1. The van der Waals surface area contributed by atoms with Crippen molar-refractivity contribution in [3.63, 3.8) is 0 Å². The number of rotatable bonds is 0. The van der Waals surface area contributed by atoms with E-state index in [-0.39, 0.29) is 12.1 Å². The van der Waals surface area contributed by atoms with E-state index in [0.717, 1.165) is 25.9 Å². The zero-order valence-corrected chi connectivity index (χ0v) is 6.45. The molecule has 3 nitrogen and oxygen atoms in total. The van der Waals surface area contributed by atoms with Crippen LogP contribution in [0.25, 0.3) is 0 Å². The topological polar surface area (TPSA) is 49.5 Å². The average molecular weight is 144 g/mol. The van der Waals surface area contributed by atoms with E-state index in [2.05, 4.69) is 11.9 Å². The van der Waals surface area contributed by atoms with Gasteiger partial charge in [0.15, 0.2) is 0 Å². The molecule has 0 unspecified atom stereocenters. The number of aliphatic hydroxyl groups is 1. The number of aliphatic hydroxyl groups excluding tert-OH is 1. The van der Waals surface area contributed by atoms with Gasteiger partial charge in [0, 0.05) is 12.6 Å². The molecule has 1 aliphatic rings. The first-order valence-corrected chi connectivity index (χ1v) is 3.82. The molecule has 2 atom stereocenters. The van der Waals surface area contributed by atoms with Gasteiger partial charge in [0.25, 0.3) is 0 Å². The van der Waals surface area contributed by atoms with Gasteiger partial charge in [-0.2, -0.15) is 0 Å². The van der Waals surface area contributed by atoms with Crippen molar-refractivity contribution in [2.45, 2.75) is 25.0 Å². The molecule has 1 aliphatic heterocycles. The standard InChI is InChI=1S/C7H16N2O/c1-9-4-2-6(8)7(10)3-5-9/h6-7,10H,2-5,8H2,1H3/t6-,7+/m0/s1. The van der Waals surface area contributed by atoms with Crippen LogP contribution in [0, 0.1) is 0 Å². The molecule has 0 radical (unpaired) electrons. The monoisotopic (exact) mass is 144 g/mol. The van der Waals surface area contributed by atoms with Crippen LogP contribution in [0.15, 0.2) is 0 Å². The molecule has 0 spiro atoms. The molecule has 1 heterocycles. The molecular formula is C7H16N2O.